The molecule has 0 saturated heterocycles. The molecule has 0 bridgehead atoms. The zero-order chi connectivity index (χ0) is 6.41. The van der Waals surface area contributed by atoms with E-state index < -0.39 is 0 Å². The van der Waals surface area contributed by atoms with E-state index in [1.165, 1.54) is 0 Å². The number of carbonyl (C=O) groups excluding carboxylic acids is 1. The molecule has 0 aliphatic rings. The number of hydrogen-bond donors (Lipinski definition) is 1. The maximum Gasteiger partial charge on any atom is 0.300 e. The lowest BCUT2D eigenvalue weighted by Crippen LogP contribution is -2.22. The fourth-order valence-corrected chi connectivity index (χ4v) is 0.413. The van der Waals surface area contributed by atoms with Gasteiger partial charge in [0, 0.05) is 6.54 Å². The Hall–Kier alpha value is -0.640. The largest absolute Gasteiger partial charge is 0.401 e. The van der Waals surface area contributed by atoms with Crippen LogP contribution in [0.1, 0.15) is 6.92 Å². The summed E-state index contributed by atoms with van der Waals surface area (Å²) in [6.45, 7) is 2.83. The average Bonchev–Trinajstić information content (AvgIpc) is 1.68. The molecule has 0 aliphatic carbocycles. The van der Waals surface area contributed by atoms with Crippen LogP contribution in [0, 0.1) is 0 Å². The van der Waals surface area contributed by atoms with Crippen molar-refractivity contribution in [2.24, 2.45) is 0 Å². The van der Waals surface area contributed by atoms with Crippen LogP contribution < -0.4 is 5.32 Å². The van der Waals surface area contributed by atoms with Crippen LogP contribution in [-0.2, 0) is 9.53 Å². The minimum absolute atomic E-state index is 0.127. The number of carbonyl (C=O) groups is 1. The summed E-state index contributed by atoms with van der Waals surface area (Å²) >= 11 is 4.49. The zero-order valence-electron chi connectivity index (χ0n) is 4.51. The lowest BCUT2D eigenvalue weighted by molar-refractivity contribution is -0.121. The molecule has 0 aliphatic heterocycles. The first-order chi connectivity index (χ1) is 3.81. The van der Waals surface area contributed by atoms with Gasteiger partial charge in [-0.05, 0) is 19.1 Å². The van der Waals surface area contributed by atoms with Gasteiger partial charge < -0.3 is 10.1 Å². The van der Waals surface area contributed by atoms with Crippen molar-refractivity contribution in [3.63, 3.8) is 0 Å². The lowest BCUT2D eigenvalue weighted by Gasteiger charge is -1.98. The van der Waals surface area contributed by atoms with Gasteiger partial charge in [0.1, 0.15) is 0 Å². The second-order valence-electron chi connectivity index (χ2n) is 1.03. The minimum Gasteiger partial charge on any atom is -0.401 e. The summed E-state index contributed by atoms with van der Waals surface area (Å²) in [5.41, 5.74) is 0. The first kappa shape index (κ1) is 7.36. The van der Waals surface area contributed by atoms with Crippen LogP contribution in [0.3, 0.4) is 0 Å². The highest BCUT2D eigenvalue weighted by atomic mass is 32.1. The third kappa shape index (κ3) is 3.55. The van der Waals surface area contributed by atoms with Crippen molar-refractivity contribution in [1.82, 2.24) is 5.32 Å². The molecule has 0 atom stereocenters. The van der Waals surface area contributed by atoms with Crippen molar-refractivity contribution >= 4 is 23.9 Å². The van der Waals surface area contributed by atoms with Crippen LogP contribution in [0.5, 0.6) is 0 Å². The van der Waals surface area contributed by atoms with E-state index in [4.69, 9.17) is 0 Å². The van der Waals surface area contributed by atoms with Crippen LogP contribution >= 0.6 is 12.2 Å². The SMILES string of the molecule is CCNC(=S)OC=O. The maximum absolute atomic E-state index is 9.54. The van der Waals surface area contributed by atoms with Gasteiger partial charge in [-0.1, -0.05) is 0 Å². The van der Waals surface area contributed by atoms with Crippen LogP contribution in [0.2, 0.25) is 0 Å². The first-order valence-corrected chi connectivity index (χ1v) is 2.60. The molecule has 46 valence electrons. The summed E-state index contributed by atoms with van der Waals surface area (Å²) in [6, 6.07) is 0. The van der Waals surface area contributed by atoms with Gasteiger partial charge in [-0.3, -0.25) is 4.79 Å². The highest BCUT2D eigenvalue weighted by molar-refractivity contribution is 7.80. The molecular weight excluding hydrogens is 126 g/mol. The Kier molecular flexibility index (Phi) is 4.16. The molecular formula is C4H7NO2S. The molecule has 0 spiro atoms. The number of ether oxygens (including phenoxy) is 1. The Balaban J connectivity index is 3.18. The summed E-state index contributed by atoms with van der Waals surface area (Å²) in [5, 5.41) is 2.75. The van der Waals surface area contributed by atoms with E-state index >= 15 is 0 Å². The van der Waals surface area contributed by atoms with Crippen LogP contribution in [0.15, 0.2) is 0 Å². The molecule has 0 saturated carbocycles. The molecule has 0 rings (SSSR count). The minimum atomic E-state index is 0.127. The Morgan fingerprint density at radius 2 is 2.62 bits per heavy atom. The number of hydrogen-bond acceptors (Lipinski definition) is 3. The third-order valence-electron chi connectivity index (χ3n) is 0.476. The summed E-state index contributed by atoms with van der Waals surface area (Å²) in [7, 11) is 0. The molecule has 0 aromatic heterocycles. The third-order valence-corrected chi connectivity index (χ3v) is 0.717. The van der Waals surface area contributed by atoms with E-state index in [0.29, 0.717) is 13.0 Å². The van der Waals surface area contributed by atoms with E-state index in [1.54, 1.807) is 0 Å². The van der Waals surface area contributed by atoms with E-state index in [9.17, 15) is 4.79 Å². The number of thiocarbonyl (C=S) groups is 1. The zero-order valence-corrected chi connectivity index (χ0v) is 5.33. The van der Waals surface area contributed by atoms with Crippen molar-refractivity contribution in [1.29, 1.82) is 0 Å². The van der Waals surface area contributed by atoms with Gasteiger partial charge in [0.05, 0.1) is 0 Å². The van der Waals surface area contributed by atoms with Gasteiger partial charge in [0.15, 0.2) is 0 Å². The summed E-state index contributed by atoms with van der Waals surface area (Å²) in [5.74, 6) is 0. The molecule has 0 unspecified atom stereocenters. The Morgan fingerprint density at radius 3 is 3.00 bits per heavy atom. The molecule has 0 heterocycles. The van der Waals surface area contributed by atoms with Gasteiger partial charge in [0.2, 0.25) is 0 Å². The maximum atomic E-state index is 9.54. The first-order valence-electron chi connectivity index (χ1n) is 2.19. The van der Waals surface area contributed by atoms with Crippen molar-refractivity contribution in [3.05, 3.63) is 0 Å². The quantitative estimate of drug-likeness (QED) is 0.427. The van der Waals surface area contributed by atoms with Gasteiger partial charge in [-0.25, -0.2) is 0 Å². The number of nitrogens with one attached hydrogen (secondary N) is 1. The highest BCUT2D eigenvalue weighted by Crippen LogP contribution is 1.69. The van der Waals surface area contributed by atoms with Gasteiger partial charge in [-0.15, -0.1) is 0 Å². The Bertz CT molecular complexity index is 94.0. The van der Waals surface area contributed by atoms with Gasteiger partial charge in [-0.2, -0.15) is 0 Å². The van der Waals surface area contributed by atoms with Gasteiger partial charge >= 0.3 is 0 Å². The number of rotatable bonds is 2. The molecule has 0 amide bonds. The van der Waals surface area contributed by atoms with E-state index in [0.717, 1.165) is 0 Å². The summed E-state index contributed by atoms with van der Waals surface area (Å²) < 4.78 is 4.22. The highest BCUT2D eigenvalue weighted by Gasteiger charge is 1.87. The van der Waals surface area contributed by atoms with E-state index in [1.807, 2.05) is 6.92 Å². The van der Waals surface area contributed by atoms with Gasteiger partial charge in [0.25, 0.3) is 11.6 Å². The smallest absolute Gasteiger partial charge is 0.300 e. The summed E-state index contributed by atoms with van der Waals surface area (Å²) in [4.78, 5) is 9.54. The molecule has 4 heteroatoms. The molecule has 0 radical (unpaired) electrons. The monoisotopic (exact) mass is 133 g/mol. The second kappa shape index (κ2) is 4.52. The van der Waals surface area contributed by atoms with Crippen LogP contribution in [0.4, 0.5) is 0 Å². The molecule has 3 nitrogen and oxygen atoms in total. The topological polar surface area (TPSA) is 38.3 Å². The van der Waals surface area contributed by atoms with Crippen molar-refractivity contribution in [3.8, 4) is 0 Å². The predicted molar refractivity (Wildman–Crippen MR) is 33.4 cm³/mol. The average molecular weight is 133 g/mol. The standard InChI is InChI=1S/C4H7NO2S/c1-2-5-4(8)7-3-6/h3H,2H2,1H3,(H,5,8). The van der Waals surface area contributed by atoms with Crippen molar-refractivity contribution in [2.45, 2.75) is 6.92 Å². The summed E-state index contributed by atoms with van der Waals surface area (Å²) in [6.07, 6.45) is 0. The lowest BCUT2D eigenvalue weighted by atomic mass is 10.8. The predicted octanol–water partition coefficient (Wildman–Crippen LogP) is 0.0538. The normalized spacial score (nSPS) is 7.62. The molecule has 0 aromatic carbocycles. The van der Waals surface area contributed by atoms with Crippen molar-refractivity contribution < 1.29 is 9.53 Å². The molecule has 1 N–H and O–H groups in total. The fraction of sp³-hybridized carbons (Fsp3) is 0.500. The van der Waals surface area contributed by atoms with Crippen molar-refractivity contribution in [2.75, 3.05) is 6.54 Å². The second-order valence-corrected chi connectivity index (χ2v) is 1.40. The van der Waals surface area contributed by atoms with E-state index in [2.05, 4.69) is 22.3 Å². The van der Waals surface area contributed by atoms with Crippen LogP contribution in [0.25, 0.3) is 0 Å². The molecule has 0 aromatic rings. The van der Waals surface area contributed by atoms with E-state index in [-0.39, 0.29) is 5.17 Å². The molecule has 0 fully saturated rings. The fourth-order valence-electron chi connectivity index (χ4n) is 0.230. The Morgan fingerprint density at radius 1 is 2.00 bits per heavy atom. The Labute approximate surface area is 53.0 Å². The molecule has 8 heavy (non-hydrogen) atoms. The van der Waals surface area contributed by atoms with Crippen LogP contribution in [-0.4, -0.2) is 18.2 Å².